The first-order chi connectivity index (χ1) is 13.4. The van der Waals surface area contributed by atoms with E-state index in [0.29, 0.717) is 26.5 Å². The summed E-state index contributed by atoms with van der Waals surface area (Å²) in [5, 5.41) is 18.8. The minimum atomic E-state index is -3.79. The molecule has 0 aliphatic heterocycles. The number of aromatic nitrogens is 3. The first-order valence-electron chi connectivity index (χ1n) is 8.31. The molecule has 0 radical (unpaired) electrons. The standard InChI is InChI=1S/C19H16N4O3S2/c1-12-6-8-13(9-7-12)28(25,26)23-16-10-17(27-19-20-11-21-22-19)18(24)15-5-3-2-4-14(15)16/h2-11,23-24H,1H3,(H,20,21,22). The summed E-state index contributed by atoms with van der Waals surface area (Å²) in [6.07, 6.45) is 1.36. The normalized spacial score (nSPS) is 11.6. The van der Waals surface area contributed by atoms with Crippen LogP contribution in [-0.2, 0) is 10.0 Å². The Morgan fingerprint density at radius 2 is 1.79 bits per heavy atom. The fourth-order valence-corrected chi connectivity index (χ4v) is 4.63. The van der Waals surface area contributed by atoms with Gasteiger partial charge in [0, 0.05) is 10.8 Å². The fourth-order valence-electron chi connectivity index (χ4n) is 2.77. The van der Waals surface area contributed by atoms with Gasteiger partial charge in [0.25, 0.3) is 10.0 Å². The third-order valence-electron chi connectivity index (χ3n) is 4.16. The Kier molecular flexibility index (Phi) is 4.70. The average Bonchev–Trinajstić information content (AvgIpc) is 3.19. The van der Waals surface area contributed by atoms with Crippen molar-refractivity contribution in [3.05, 3.63) is 66.5 Å². The van der Waals surface area contributed by atoms with Gasteiger partial charge in [0.2, 0.25) is 0 Å². The van der Waals surface area contributed by atoms with Crippen LogP contribution < -0.4 is 4.72 Å². The van der Waals surface area contributed by atoms with E-state index in [1.807, 2.05) is 6.92 Å². The van der Waals surface area contributed by atoms with Gasteiger partial charge in [-0.15, -0.1) is 0 Å². The van der Waals surface area contributed by atoms with Gasteiger partial charge in [0.1, 0.15) is 12.1 Å². The number of anilines is 1. The van der Waals surface area contributed by atoms with Crippen molar-refractivity contribution >= 4 is 38.2 Å². The second-order valence-corrected chi connectivity index (χ2v) is 8.84. The molecule has 1 heterocycles. The van der Waals surface area contributed by atoms with Crippen molar-refractivity contribution in [3.8, 4) is 5.75 Å². The molecule has 142 valence electrons. The second-order valence-electron chi connectivity index (χ2n) is 6.13. The molecular formula is C19H16N4O3S2. The molecule has 4 rings (SSSR count). The van der Waals surface area contributed by atoms with E-state index in [-0.39, 0.29) is 10.6 Å². The molecule has 0 amide bonds. The zero-order valence-corrected chi connectivity index (χ0v) is 16.4. The SMILES string of the molecule is Cc1ccc(S(=O)(=O)Nc2cc(Sc3ncn[nH]3)c(O)c3ccccc23)cc1. The predicted molar refractivity (Wildman–Crippen MR) is 108 cm³/mol. The minimum absolute atomic E-state index is 0.0512. The van der Waals surface area contributed by atoms with Crippen LogP contribution in [0.1, 0.15) is 5.56 Å². The van der Waals surface area contributed by atoms with Gasteiger partial charge >= 0.3 is 0 Å². The number of rotatable bonds is 5. The van der Waals surface area contributed by atoms with Crippen LogP contribution in [0.5, 0.6) is 5.75 Å². The van der Waals surface area contributed by atoms with E-state index in [4.69, 9.17) is 0 Å². The van der Waals surface area contributed by atoms with E-state index < -0.39 is 10.0 Å². The topological polar surface area (TPSA) is 108 Å². The highest BCUT2D eigenvalue weighted by atomic mass is 32.2. The van der Waals surface area contributed by atoms with E-state index in [9.17, 15) is 13.5 Å². The van der Waals surface area contributed by atoms with Gasteiger partial charge in [-0.2, -0.15) is 5.10 Å². The predicted octanol–water partition coefficient (Wildman–Crippen LogP) is 3.92. The Morgan fingerprint density at radius 3 is 2.46 bits per heavy atom. The van der Waals surface area contributed by atoms with Gasteiger partial charge in [-0.05, 0) is 36.9 Å². The number of sulfonamides is 1. The molecule has 1 aromatic heterocycles. The minimum Gasteiger partial charge on any atom is -0.506 e. The van der Waals surface area contributed by atoms with E-state index in [2.05, 4.69) is 19.9 Å². The molecule has 0 spiro atoms. The van der Waals surface area contributed by atoms with Crippen LogP contribution in [0.3, 0.4) is 0 Å². The van der Waals surface area contributed by atoms with E-state index >= 15 is 0 Å². The van der Waals surface area contributed by atoms with Crippen molar-refractivity contribution in [3.63, 3.8) is 0 Å². The zero-order chi connectivity index (χ0) is 19.7. The fraction of sp³-hybridized carbons (Fsp3) is 0.0526. The maximum atomic E-state index is 12.9. The monoisotopic (exact) mass is 412 g/mol. The van der Waals surface area contributed by atoms with Crippen molar-refractivity contribution in [2.24, 2.45) is 0 Å². The summed E-state index contributed by atoms with van der Waals surface area (Å²) in [5.74, 6) is 0.0512. The lowest BCUT2D eigenvalue weighted by molar-refractivity contribution is 0.469. The highest BCUT2D eigenvalue weighted by Gasteiger charge is 2.19. The Bertz CT molecular complexity index is 1240. The summed E-state index contributed by atoms with van der Waals surface area (Å²) in [6.45, 7) is 1.89. The van der Waals surface area contributed by atoms with Crippen molar-refractivity contribution < 1.29 is 13.5 Å². The van der Waals surface area contributed by atoms with Crippen molar-refractivity contribution in [2.45, 2.75) is 21.9 Å². The Balaban J connectivity index is 1.81. The van der Waals surface area contributed by atoms with Crippen molar-refractivity contribution in [1.82, 2.24) is 15.2 Å². The van der Waals surface area contributed by atoms with Crippen molar-refractivity contribution in [1.29, 1.82) is 0 Å². The maximum Gasteiger partial charge on any atom is 0.261 e. The van der Waals surface area contributed by atoms with Gasteiger partial charge in [-0.25, -0.2) is 13.4 Å². The first kappa shape index (κ1) is 18.3. The van der Waals surface area contributed by atoms with Crippen LogP contribution in [0, 0.1) is 6.92 Å². The number of phenols is 1. The molecule has 3 aromatic carbocycles. The average molecular weight is 412 g/mol. The van der Waals surface area contributed by atoms with Crippen molar-refractivity contribution in [2.75, 3.05) is 4.72 Å². The summed E-state index contributed by atoms with van der Waals surface area (Å²) in [6, 6.07) is 15.3. The van der Waals surface area contributed by atoms with Crippen LogP contribution in [0.4, 0.5) is 5.69 Å². The van der Waals surface area contributed by atoms with Crippen LogP contribution in [0.15, 0.2) is 75.9 Å². The molecular weight excluding hydrogens is 396 g/mol. The van der Waals surface area contributed by atoms with Gasteiger partial charge in [0.05, 0.1) is 15.5 Å². The lowest BCUT2D eigenvalue weighted by atomic mass is 10.1. The number of aromatic amines is 1. The van der Waals surface area contributed by atoms with E-state index in [1.165, 1.54) is 6.33 Å². The summed E-state index contributed by atoms with van der Waals surface area (Å²) < 4.78 is 28.4. The summed E-state index contributed by atoms with van der Waals surface area (Å²) in [4.78, 5) is 4.66. The highest BCUT2D eigenvalue weighted by Crippen LogP contribution is 2.42. The molecule has 0 aliphatic carbocycles. The molecule has 0 unspecified atom stereocenters. The summed E-state index contributed by atoms with van der Waals surface area (Å²) >= 11 is 1.16. The third kappa shape index (κ3) is 3.54. The smallest absolute Gasteiger partial charge is 0.261 e. The van der Waals surface area contributed by atoms with Crippen LogP contribution >= 0.6 is 11.8 Å². The highest BCUT2D eigenvalue weighted by molar-refractivity contribution is 7.99. The third-order valence-corrected chi connectivity index (χ3v) is 6.46. The molecule has 4 aromatic rings. The van der Waals surface area contributed by atoms with Gasteiger partial charge in [0.15, 0.2) is 5.16 Å². The number of benzene rings is 3. The van der Waals surface area contributed by atoms with Gasteiger partial charge < -0.3 is 5.11 Å². The lowest BCUT2D eigenvalue weighted by Gasteiger charge is -2.14. The number of fused-ring (bicyclic) bond motifs is 1. The second kappa shape index (κ2) is 7.17. The molecule has 0 saturated carbocycles. The number of nitrogens with zero attached hydrogens (tertiary/aromatic N) is 2. The summed E-state index contributed by atoms with van der Waals surface area (Å²) in [5.41, 5.74) is 1.34. The molecule has 7 nitrogen and oxygen atoms in total. The molecule has 3 N–H and O–H groups in total. The number of hydrogen-bond donors (Lipinski definition) is 3. The largest absolute Gasteiger partial charge is 0.506 e. The molecule has 28 heavy (non-hydrogen) atoms. The number of nitrogens with one attached hydrogen (secondary N) is 2. The zero-order valence-electron chi connectivity index (χ0n) is 14.7. The molecule has 0 aliphatic rings. The lowest BCUT2D eigenvalue weighted by Crippen LogP contribution is -2.13. The van der Waals surface area contributed by atoms with Gasteiger partial charge in [-0.1, -0.05) is 42.0 Å². The van der Waals surface area contributed by atoms with E-state index in [0.717, 1.165) is 17.3 Å². The maximum absolute atomic E-state index is 12.9. The number of aryl methyl sites for hydroxylation is 1. The number of hydrogen-bond acceptors (Lipinski definition) is 6. The van der Waals surface area contributed by atoms with Gasteiger partial charge in [-0.3, -0.25) is 9.82 Å². The number of phenolic OH excluding ortho intramolecular Hbond substituents is 1. The van der Waals surface area contributed by atoms with Crippen LogP contribution in [0.2, 0.25) is 0 Å². The van der Waals surface area contributed by atoms with Crippen LogP contribution in [-0.4, -0.2) is 28.7 Å². The summed E-state index contributed by atoms with van der Waals surface area (Å²) in [7, 11) is -3.79. The Labute approximate surface area is 165 Å². The molecule has 0 fully saturated rings. The number of H-pyrrole nitrogens is 1. The first-order valence-corrected chi connectivity index (χ1v) is 10.6. The van der Waals surface area contributed by atoms with Crippen LogP contribution in [0.25, 0.3) is 10.8 Å². The molecule has 0 saturated heterocycles. The number of aromatic hydroxyl groups is 1. The molecule has 0 bridgehead atoms. The molecule has 0 atom stereocenters. The Morgan fingerprint density at radius 1 is 1.07 bits per heavy atom. The Hall–Kier alpha value is -3.04. The van der Waals surface area contributed by atoms with E-state index in [1.54, 1.807) is 54.6 Å². The molecule has 9 heteroatoms. The quantitative estimate of drug-likeness (QED) is 0.429.